The lowest BCUT2D eigenvalue weighted by Crippen LogP contribution is -2.34. The highest BCUT2D eigenvalue weighted by Gasteiger charge is 2.21. The molecule has 1 aromatic rings. The van der Waals surface area contributed by atoms with Crippen molar-refractivity contribution in [1.82, 2.24) is 5.32 Å². The first-order valence-electron chi connectivity index (χ1n) is 7.40. The highest BCUT2D eigenvalue weighted by atomic mass is 16.5. The van der Waals surface area contributed by atoms with Gasteiger partial charge in [-0.15, -0.1) is 0 Å². The van der Waals surface area contributed by atoms with Crippen molar-refractivity contribution in [2.24, 2.45) is 5.92 Å². The Labute approximate surface area is 116 Å². The Bertz CT molecular complexity index is 375. The lowest BCUT2D eigenvalue weighted by Gasteiger charge is -2.27. The molecular weight excluding hydrogens is 238 g/mol. The molecule has 0 aromatic heterocycles. The van der Waals surface area contributed by atoms with E-state index >= 15 is 0 Å². The zero-order valence-electron chi connectivity index (χ0n) is 11.8. The third-order valence-electron chi connectivity index (χ3n) is 3.95. The summed E-state index contributed by atoms with van der Waals surface area (Å²) in [7, 11) is 0. The Morgan fingerprint density at radius 1 is 1.32 bits per heavy atom. The summed E-state index contributed by atoms with van der Waals surface area (Å²) in [5.41, 5.74) is 1.24. The van der Waals surface area contributed by atoms with Crippen LogP contribution in [0.25, 0.3) is 0 Å². The number of rotatable bonds is 6. The van der Waals surface area contributed by atoms with Gasteiger partial charge in [-0.3, -0.25) is 0 Å². The first-order valence-corrected chi connectivity index (χ1v) is 7.40. The van der Waals surface area contributed by atoms with E-state index in [0.717, 1.165) is 44.5 Å². The van der Waals surface area contributed by atoms with Crippen molar-refractivity contribution in [3.8, 4) is 5.75 Å². The van der Waals surface area contributed by atoms with Crippen LogP contribution in [0, 0.1) is 5.92 Å². The molecule has 3 heteroatoms. The molecular formula is C16H25NO2. The Morgan fingerprint density at radius 3 is 2.79 bits per heavy atom. The van der Waals surface area contributed by atoms with Gasteiger partial charge >= 0.3 is 0 Å². The standard InChI is InChI=1S/C16H25NO2/c1-2-13-5-3-4-6-16(13)19-12-9-15(18)14-7-10-17-11-8-14/h3-6,14-15,17-18H,2,7-12H2,1H3. The van der Waals surface area contributed by atoms with Crippen LogP contribution in [0.5, 0.6) is 5.75 Å². The molecule has 1 aliphatic rings. The van der Waals surface area contributed by atoms with Gasteiger partial charge in [-0.05, 0) is 49.9 Å². The maximum atomic E-state index is 10.2. The van der Waals surface area contributed by atoms with Gasteiger partial charge in [0.25, 0.3) is 0 Å². The molecule has 3 nitrogen and oxygen atoms in total. The number of hydrogen-bond donors (Lipinski definition) is 2. The summed E-state index contributed by atoms with van der Waals surface area (Å²) >= 11 is 0. The Morgan fingerprint density at radius 2 is 2.05 bits per heavy atom. The molecule has 0 saturated carbocycles. The average Bonchev–Trinajstić information content (AvgIpc) is 2.48. The number of aliphatic hydroxyl groups excluding tert-OH is 1. The predicted molar refractivity (Wildman–Crippen MR) is 77.5 cm³/mol. The molecule has 19 heavy (non-hydrogen) atoms. The van der Waals surface area contributed by atoms with E-state index in [4.69, 9.17) is 4.74 Å². The molecule has 0 spiro atoms. The molecule has 1 atom stereocenters. The van der Waals surface area contributed by atoms with Crippen LogP contribution in [0.1, 0.15) is 31.7 Å². The van der Waals surface area contributed by atoms with Crippen LogP contribution in [0.2, 0.25) is 0 Å². The van der Waals surface area contributed by atoms with Gasteiger partial charge in [0.15, 0.2) is 0 Å². The third-order valence-corrected chi connectivity index (χ3v) is 3.95. The molecule has 1 aromatic carbocycles. The summed E-state index contributed by atoms with van der Waals surface area (Å²) in [6.45, 7) is 4.79. The number of aryl methyl sites for hydroxylation is 1. The van der Waals surface area contributed by atoms with Crippen LogP contribution in [-0.2, 0) is 6.42 Å². The van der Waals surface area contributed by atoms with Crippen LogP contribution in [-0.4, -0.2) is 30.9 Å². The van der Waals surface area contributed by atoms with Gasteiger partial charge in [-0.25, -0.2) is 0 Å². The lowest BCUT2D eigenvalue weighted by atomic mass is 9.91. The fourth-order valence-corrected chi connectivity index (χ4v) is 2.69. The van der Waals surface area contributed by atoms with Crippen molar-refractivity contribution in [3.63, 3.8) is 0 Å². The Hall–Kier alpha value is -1.06. The normalized spacial score (nSPS) is 18.2. The van der Waals surface area contributed by atoms with E-state index in [9.17, 15) is 5.11 Å². The Balaban J connectivity index is 1.76. The van der Waals surface area contributed by atoms with Crippen LogP contribution in [0.3, 0.4) is 0 Å². The molecule has 0 bridgehead atoms. The number of aliphatic hydroxyl groups is 1. The molecule has 1 unspecified atom stereocenters. The zero-order valence-corrected chi connectivity index (χ0v) is 11.8. The summed E-state index contributed by atoms with van der Waals surface area (Å²) in [5, 5.41) is 13.5. The van der Waals surface area contributed by atoms with E-state index in [1.165, 1.54) is 5.56 Å². The van der Waals surface area contributed by atoms with Crippen molar-refractivity contribution in [2.75, 3.05) is 19.7 Å². The summed E-state index contributed by atoms with van der Waals surface area (Å²) in [6.07, 6.45) is 3.63. The van der Waals surface area contributed by atoms with E-state index in [-0.39, 0.29) is 6.10 Å². The second-order valence-corrected chi connectivity index (χ2v) is 5.25. The quantitative estimate of drug-likeness (QED) is 0.828. The minimum atomic E-state index is -0.226. The van der Waals surface area contributed by atoms with Crippen LogP contribution in [0.4, 0.5) is 0 Å². The largest absolute Gasteiger partial charge is 0.493 e. The van der Waals surface area contributed by atoms with Crippen LogP contribution in [0.15, 0.2) is 24.3 Å². The molecule has 0 aliphatic carbocycles. The van der Waals surface area contributed by atoms with E-state index in [1.54, 1.807) is 0 Å². The van der Waals surface area contributed by atoms with E-state index in [2.05, 4.69) is 18.3 Å². The Kier molecular flexibility index (Phi) is 5.67. The second kappa shape index (κ2) is 7.51. The van der Waals surface area contributed by atoms with Crippen molar-refractivity contribution in [2.45, 2.75) is 38.7 Å². The van der Waals surface area contributed by atoms with Gasteiger partial charge in [0.05, 0.1) is 12.7 Å². The molecule has 2 rings (SSSR count). The van der Waals surface area contributed by atoms with Crippen LogP contribution >= 0.6 is 0 Å². The van der Waals surface area contributed by atoms with E-state index in [0.29, 0.717) is 12.5 Å². The third kappa shape index (κ3) is 4.22. The van der Waals surface area contributed by atoms with Crippen LogP contribution < -0.4 is 10.1 Å². The zero-order chi connectivity index (χ0) is 13.5. The maximum absolute atomic E-state index is 10.2. The molecule has 1 aliphatic heterocycles. The lowest BCUT2D eigenvalue weighted by molar-refractivity contribution is 0.0673. The van der Waals surface area contributed by atoms with Gasteiger partial charge in [0.2, 0.25) is 0 Å². The number of nitrogens with one attached hydrogen (secondary N) is 1. The fraction of sp³-hybridized carbons (Fsp3) is 0.625. The molecule has 1 saturated heterocycles. The second-order valence-electron chi connectivity index (χ2n) is 5.25. The molecule has 2 N–H and O–H groups in total. The van der Waals surface area contributed by atoms with Gasteiger partial charge in [0.1, 0.15) is 5.75 Å². The predicted octanol–water partition coefficient (Wildman–Crippen LogP) is 2.38. The molecule has 106 valence electrons. The summed E-state index contributed by atoms with van der Waals surface area (Å²) in [4.78, 5) is 0. The highest BCUT2D eigenvalue weighted by molar-refractivity contribution is 5.33. The molecule has 1 fully saturated rings. The van der Waals surface area contributed by atoms with Gasteiger partial charge < -0.3 is 15.2 Å². The topological polar surface area (TPSA) is 41.5 Å². The van der Waals surface area contributed by atoms with Crippen molar-refractivity contribution < 1.29 is 9.84 Å². The number of benzene rings is 1. The summed E-state index contributed by atoms with van der Waals surface area (Å²) < 4.78 is 5.81. The fourth-order valence-electron chi connectivity index (χ4n) is 2.69. The maximum Gasteiger partial charge on any atom is 0.122 e. The minimum absolute atomic E-state index is 0.226. The number of hydrogen-bond acceptors (Lipinski definition) is 3. The number of ether oxygens (including phenoxy) is 1. The minimum Gasteiger partial charge on any atom is -0.493 e. The van der Waals surface area contributed by atoms with Crippen molar-refractivity contribution in [1.29, 1.82) is 0 Å². The molecule has 1 heterocycles. The van der Waals surface area contributed by atoms with Gasteiger partial charge in [-0.1, -0.05) is 25.1 Å². The number of para-hydroxylation sites is 1. The monoisotopic (exact) mass is 263 g/mol. The van der Waals surface area contributed by atoms with Crippen molar-refractivity contribution in [3.05, 3.63) is 29.8 Å². The average molecular weight is 263 g/mol. The van der Waals surface area contributed by atoms with Gasteiger partial charge in [-0.2, -0.15) is 0 Å². The van der Waals surface area contributed by atoms with E-state index < -0.39 is 0 Å². The first-order chi connectivity index (χ1) is 9.31. The molecule has 0 amide bonds. The summed E-state index contributed by atoms with van der Waals surface area (Å²) in [6, 6.07) is 8.14. The van der Waals surface area contributed by atoms with Gasteiger partial charge in [0, 0.05) is 6.42 Å². The smallest absolute Gasteiger partial charge is 0.122 e. The molecule has 0 radical (unpaired) electrons. The SMILES string of the molecule is CCc1ccccc1OCCC(O)C1CCNCC1. The highest BCUT2D eigenvalue weighted by Crippen LogP contribution is 2.21. The van der Waals surface area contributed by atoms with E-state index in [1.807, 2.05) is 18.2 Å². The number of piperidine rings is 1. The van der Waals surface area contributed by atoms with Crippen molar-refractivity contribution >= 4 is 0 Å². The summed E-state index contributed by atoms with van der Waals surface area (Å²) in [5.74, 6) is 1.40. The first kappa shape index (κ1) is 14.4.